The number of fused-ring (bicyclic) bond motifs is 1. The summed E-state index contributed by atoms with van der Waals surface area (Å²) in [5.74, 6) is 3.09. The summed E-state index contributed by atoms with van der Waals surface area (Å²) in [6, 6.07) is 4.87. The summed E-state index contributed by atoms with van der Waals surface area (Å²) in [6.07, 6.45) is 0.120. The van der Waals surface area contributed by atoms with E-state index in [4.69, 9.17) is 0 Å². The second-order valence-electron chi connectivity index (χ2n) is 6.79. The summed E-state index contributed by atoms with van der Waals surface area (Å²) in [6.45, 7) is -0.134. The highest BCUT2D eigenvalue weighted by Crippen LogP contribution is 2.28. The van der Waals surface area contributed by atoms with Gasteiger partial charge in [0.05, 0.1) is 22.6 Å². The van der Waals surface area contributed by atoms with Crippen LogP contribution in [-0.4, -0.2) is 49.5 Å². The predicted octanol–water partition coefficient (Wildman–Crippen LogP) is 0.479. The fourth-order valence-corrected chi connectivity index (χ4v) is 5.27. The van der Waals surface area contributed by atoms with Gasteiger partial charge in [-0.1, -0.05) is 11.8 Å². The van der Waals surface area contributed by atoms with Crippen LogP contribution in [0.2, 0.25) is 0 Å². The molecule has 0 spiro atoms. The van der Waals surface area contributed by atoms with Crippen molar-refractivity contribution < 1.29 is 27.6 Å². The van der Waals surface area contributed by atoms with E-state index in [1.165, 1.54) is 34.9 Å². The molecule has 0 aliphatic carbocycles. The zero-order valence-corrected chi connectivity index (χ0v) is 17.5. The van der Waals surface area contributed by atoms with Crippen molar-refractivity contribution in [3.63, 3.8) is 0 Å². The number of carbonyl (C=O) groups is 4. The van der Waals surface area contributed by atoms with E-state index in [9.17, 15) is 27.6 Å². The fourth-order valence-electron chi connectivity index (χ4n) is 3.31. The zero-order valence-electron chi connectivity index (χ0n) is 15.9. The standard InChI is InChI=1S/C20H15N3O6S2/c24-17-6-5-16(18(25)22-17)23-19(26)14-4-3-12(10-15(14)20(23)27)2-1-8-21-31(28,29)13-7-9-30-11-13/h3-4,7,9-11,16,21H,5-6,8H2,(H,22,24,25). The fraction of sp³-hybridized carbons (Fsp3) is 0.200. The molecular weight excluding hydrogens is 442 g/mol. The summed E-state index contributed by atoms with van der Waals surface area (Å²) in [7, 11) is -3.64. The van der Waals surface area contributed by atoms with Crippen LogP contribution >= 0.6 is 11.3 Å². The Morgan fingerprint density at radius 1 is 1.13 bits per heavy atom. The molecule has 1 fully saturated rings. The highest BCUT2D eigenvalue weighted by molar-refractivity contribution is 7.89. The molecule has 1 atom stereocenters. The largest absolute Gasteiger partial charge is 0.295 e. The lowest BCUT2D eigenvalue weighted by Gasteiger charge is -2.27. The number of rotatable bonds is 4. The van der Waals surface area contributed by atoms with Crippen LogP contribution in [0.5, 0.6) is 0 Å². The van der Waals surface area contributed by atoms with Crippen LogP contribution in [0.1, 0.15) is 39.1 Å². The maximum atomic E-state index is 12.8. The van der Waals surface area contributed by atoms with E-state index >= 15 is 0 Å². The van der Waals surface area contributed by atoms with Crippen LogP contribution in [0.3, 0.4) is 0 Å². The molecule has 1 aromatic carbocycles. The molecule has 0 bridgehead atoms. The van der Waals surface area contributed by atoms with Crippen molar-refractivity contribution >= 4 is 45.0 Å². The lowest BCUT2D eigenvalue weighted by molar-refractivity contribution is -0.136. The molecule has 9 nitrogen and oxygen atoms in total. The molecule has 4 rings (SSSR count). The minimum atomic E-state index is -3.64. The quantitative estimate of drug-likeness (QED) is 0.507. The molecule has 11 heteroatoms. The smallest absolute Gasteiger partial charge is 0.262 e. The molecule has 1 aromatic heterocycles. The van der Waals surface area contributed by atoms with Crippen LogP contribution in [-0.2, 0) is 19.6 Å². The van der Waals surface area contributed by atoms with Crippen molar-refractivity contribution in [1.82, 2.24) is 14.9 Å². The second kappa shape index (κ2) is 8.07. The van der Waals surface area contributed by atoms with Crippen molar-refractivity contribution in [2.24, 2.45) is 0 Å². The molecule has 158 valence electrons. The summed E-state index contributed by atoms with van der Waals surface area (Å²) in [4.78, 5) is 49.9. The Labute approximate surface area is 181 Å². The van der Waals surface area contributed by atoms with Crippen molar-refractivity contribution in [1.29, 1.82) is 0 Å². The third-order valence-electron chi connectivity index (χ3n) is 4.83. The molecule has 1 saturated heterocycles. The van der Waals surface area contributed by atoms with Gasteiger partial charge in [0.1, 0.15) is 6.04 Å². The summed E-state index contributed by atoms with van der Waals surface area (Å²) in [5.41, 5.74) is 0.679. The van der Waals surface area contributed by atoms with Gasteiger partial charge >= 0.3 is 0 Å². The van der Waals surface area contributed by atoms with E-state index in [1.807, 2.05) is 0 Å². The second-order valence-corrected chi connectivity index (χ2v) is 9.34. The number of imide groups is 2. The number of hydrogen-bond donors (Lipinski definition) is 2. The van der Waals surface area contributed by atoms with E-state index in [-0.39, 0.29) is 35.4 Å². The van der Waals surface area contributed by atoms with Gasteiger partial charge in [-0.15, -0.1) is 0 Å². The summed E-state index contributed by atoms with van der Waals surface area (Å²) in [5, 5.41) is 5.30. The SMILES string of the molecule is O=C1CCC(N2C(=O)c3ccc(C#CCNS(=O)(=O)c4ccsc4)cc3C2=O)C(=O)N1. The number of piperidine rings is 1. The molecule has 2 aliphatic rings. The van der Waals surface area contributed by atoms with Gasteiger partial charge in [-0.2, -0.15) is 16.1 Å². The highest BCUT2D eigenvalue weighted by atomic mass is 32.2. The number of thiophene rings is 1. The monoisotopic (exact) mass is 457 g/mol. The molecule has 2 N–H and O–H groups in total. The van der Waals surface area contributed by atoms with Gasteiger partial charge in [-0.05, 0) is 36.1 Å². The van der Waals surface area contributed by atoms with Crippen LogP contribution in [0.25, 0.3) is 0 Å². The number of benzene rings is 1. The van der Waals surface area contributed by atoms with E-state index in [0.717, 1.165) is 4.90 Å². The molecule has 31 heavy (non-hydrogen) atoms. The Kier molecular flexibility index (Phi) is 5.45. The van der Waals surface area contributed by atoms with Crippen molar-refractivity contribution in [2.45, 2.75) is 23.8 Å². The first-order valence-electron chi connectivity index (χ1n) is 9.14. The Hall–Kier alpha value is -3.33. The average molecular weight is 457 g/mol. The Balaban J connectivity index is 1.49. The van der Waals surface area contributed by atoms with Gasteiger partial charge in [0.2, 0.25) is 21.8 Å². The number of nitrogens with one attached hydrogen (secondary N) is 2. The molecule has 4 amide bonds. The summed E-state index contributed by atoms with van der Waals surface area (Å²) < 4.78 is 26.5. The number of hydrogen-bond acceptors (Lipinski definition) is 7. The number of sulfonamides is 1. The Morgan fingerprint density at radius 2 is 1.90 bits per heavy atom. The Bertz CT molecular complexity index is 1270. The van der Waals surface area contributed by atoms with E-state index in [2.05, 4.69) is 21.9 Å². The molecular formula is C20H15N3O6S2. The predicted molar refractivity (Wildman–Crippen MR) is 109 cm³/mol. The lowest BCUT2D eigenvalue weighted by atomic mass is 10.0. The number of nitrogens with zero attached hydrogens (tertiary/aromatic N) is 1. The highest BCUT2D eigenvalue weighted by Gasteiger charge is 2.44. The third-order valence-corrected chi connectivity index (χ3v) is 7.06. The zero-order chi connectivity index (χ0) is 22.2. The molecule has 1 unspecified atom stereocenters. The first-order chi connectivity index (χ1) is 14.8. The van der Waals surface area contributed by atoms with Gasteiger partial charge < -0.3 is 0 Å². The van der Waals surface area contributed by atoms with Gasteiger partial charge in [-0.3, -0.25) is 29.4 Å². The molecule has 0 saturated carbocycles. The van der Waals surface area contributed by atoms with Gasteiger partial charge in [0.15, 0.2) is 0 Å². The minimum Gasteiger partial charge on any atom is -0.295 e. The normalized spacial score (nSPS) is 18.5. The summed E-state index contributed by atoms with van der Waals surface area (Å²) >= 11 is 1.26. The molecule has 3 heterocycles. The van der Waals surface area contributed by atoms with E-state index in [0.29, 0.717) is 5.56 Å². The van der Waals surface area contributed by atoms with Gasteiger partial charge in [0, 0.05) is 17.4 Å². The first-order valence-corrected chi connectivity index (χ1v) is 11.6. The number of carbonyl (C=O) groups excluding carboxylic acids is 4. The van der Waals surface area contributed by atoms with E-state index < -0.39 is 39.7 Å². The molecule has 2 aromatic rings. The average Bonchev–Trinajstić information content (AvgIpc) is 3.35. The number of amides is 4. The van der Waals surface area contributed by atoms with Gasteiger partial charge in [-0.25, -0.2) is 8.42 Å². The maximum Gasteiger partial charge on any atom is 0.262 e. The van der Waals surface area contributed by atoms with Crippen molar-refractivity contribution in [3.8, 4) is 11.8 Å². The molecule has 0 radical (unpaired) electrons. The van der Waals surface area contributed by atoms with Crippen LogP contribution in [0.15, 0.2) is 39.9 Å². The van der Waals surface area contributed by atoms with Gasteiger partial charge in [0.25, 0.3) is 11.8 Å². The lowest BCUT2D eigenvalue weighted by Crippen LogP contribution is -2.54. The topological polar surface area (TPSA) is 130 Å². The first kappa shape index (κ1) is 20.9. The van der Waals surface area contributed by atoms with Crippen molar-refractivity contribution in [2.75, 3.05) is 6.54 Å². The maximum absolute atomic E-state index is 12.8. The van der Waals surface area contributed by atoms with Crippen molar-refractivity contribution in [3.05, 3.63) is 51.7 Å². The third kappa shape index (κ3) is 4.00. The van der Waals surface area contributed by atoms with Crippen LogP contribution < -0.4 is 10.0 Å². The van der Waals surface area contributed by atoms with Crippen LogP contribution in [0, 0.1) is 11.8 Å². The Morgan fingerprint density at radius 3 is 2.61 bits per heavy atom. The van der Waals surface area contributed by atoms with Crippen LogP contribution in [0.4, 0.5) is 0 Å². The minimum absolute atomic E-state index is 0.0435. The van der Waals surface area contributed by atoms with E-state index in [1.54, 1.807) is 11.4 Å². The molecule has 2 aliphatic heterocycles.